The molecule has 0 amide bonds. The smallest absolute Gasteiger partial charge is 0.250 e. The van der Waals surface area contributed by atoms with Crippen molar-refractivity contribution in [2.24, 2.45) is 13.0 Å². The fourth-order valence-electron chi connectivity index (χ4n) is 2.24. The lowest BCUT2D eigenvalue weighted by molar-refractivity contribution is 0.0510. The number of aromatic nitrogens is 3. The van der Waals surface area contributed by atoms with Crippen LogP contribution < -0.4 is 5.56 Å². The van der Waals surface area contributed by atoms with Crippen LogP contribution in [0.1, 0.15) is 33.1 Å². The van der Waals surface area contributed by atoms with Crippen LogP contribution in [0, 0.1) is 5.92 Å². The molecule has 0 aliphatic rings. The Morgan fingerprint density at radius 3 is 2.82 bits per heavy atom. The minimum atomic E-state index is -0.102. The van der Waals surface area contributed by atoms with E-state index in [1.807, 2.05) is 0 Å². The van der Waals surface area contributed by atoms with Crippen molar-refractivity contribution in [3.05, 3.63) is 34.6 Å². The second kappa shape index (κ2) is 7.35. The minimum absolute atomic E-state index is 0.102. The Labute approximate surface area is 130 Å². The zero-order valence-electron chi connectivity index (χ0n) is 13.6. The Hall–Kier alpha value is -1.95. The van der Waals surface area contributed by atoms with Gasteiger partial charge in [0.25, 0.3) is 5.56 Å². The molecule has 1 atom stereocenters. The lowest BCUT2D eigenvalue weighted by atomic mass is 10.1. The second-order valence-electron chi connectivity index (χ2n) is 5.94. The SMILES string of the molecule is CC(C)CC(C)OCCc1nc(-c2ccn(C)c(=O)c2)no1. The first-order valence-electron chi connectivity index (χ1n) is 7.57. The van der Waals surface area contributed by atoms with Gasteiger partial charge >= 0.3 is 0 Å². The van der Waals surface area contributed by atoms with Crippen LogP contribution in [0.25, 0.3) is 11.4 Å². The Kier molecular flexibility index (Phi) is 5.49. The van der Waals surface area contributed by atoms with E-state index in [1.165, 1.54) is 10.6 Å². The van der Waals surface area contributed by atoms with E-state index < -0.39 is 0 Å². The fourth-order valence-corrected chi connectivity index (χ4v) is 2.24. The van der Waals surface area contributed by atoms with Gasteiger partial charge in [0.05, 0.1) is 19.1 Å². The third kappa shape index (κ3) is 4.53. The maximum Gasteiger partial charge on any atom is 0.250 e. The van der Waals surface area contributed by atoms with E-state index in [0.717, 1.165) is 6.42 Å². The summed E-state index contributed by atoms with van der Waals surface area (Å²) >= 11 is 0. The molecule has 0 aliphatic heterocycles. The van der Waals surface area contributed by atoms with Gasteiger partial charge in [0.15, 0.2) is 0 Å². The van der Waals surface area contributed by atoms with Gasteiger partial charge < -0.3 is 13.8 Å². The molecule has 2 aromatic heterocycles. The highest BCUT2D eigenvalue weighted by Crippen LogP contribution is 2.14. The molecular weight excluding hydrogens is 282 g/mol. The molecule has 120 valence electrons. The van der Waals surface area contributed by atoms with E-state index in [-0.39, 0.29) is 11.7 Å². The van der Waals surface area contributed by atoms with E-state index in [0.29, 0.717) is 36.2 Å². The van der Waals surface area contributed by atoms with Crippen molar-refractivity contribution in [3.63, 3.8) is 0 Å². The summed E-state index contributed by atoms with van der Waals surface area (Å²) in [5.74, 6) is 1.57. The van der Waals surface area contributed by atoms with E-state index in [2.05, 4.69) is 30.9 Å². The molecule has 0 saturated heterocycles. The molecule has 0 bridgehead atoms. The summed E-state index contributed by atoms with van der Waals surface area (Å²) in [6.45, 7) is 6.97. The molecule has 22 heavy (non-hydrogen) atoms. The molecule has 6 nitrogen and oxygen atoms in total. The van der Waals surface area contributed by atoms with Gasteiger partial charge in [-0.1, -0.05) is 19.0 Å². The van der Waals surface area contributed by atoms with Crippen LogP contribution in [0.2, 0.25) is 0 Å². The van der Waals surface area contributed by atoms with E-state index >= 15 is 0 Å². The highest BCUT2D eigenvalue weighted by atomic mass is 16.5. The van der Waals surface area contributed by atoms with Gasteiger partial charge in [0, 0.05) is 24.9 Å². The van der Waals surface area contributed by atoms with Gasteiger partial charge in [0.2, 0.25) is 11.7 Å². The van der Waals surface area contributed by atoms with Crippen molar-refractivity contribution in [3.8, 4) is 11.4 Å². The van der Waals surface area contributed by atoms with Gasteiger partial charge in [-0.05, 0) is 25.3 Å². The monoisotopic (exact) mass is 305 g/mol. The van der Waals surface area contributed by atoms with Crippen LogP contribution in [0.15, 0.2) is 27.6 Å². The normalized spacial score (nSPS) is 12.8. The first kappa shape index (κ1) is 16.4. The van der Waals surface area contributed by atoms with Crippen LogP contribution in [-0.4, -0.2) is 27.4 Å². The van der Waals surface area contributed by atoms with Gasteiger partial charge in [-0.2, -0.15) is 4.98 Å². The molecule has 0 saturated carbocycles. The Morgan fingerprint density at radius 1 is 1.36 bits per heavy atom. The molecule has 1 unspecified atom stereocenters. The lowest BCUT2D eigenvalue weighted by Gasteiger charge is -2.14. The van der Waals surface area contributed by atoms with Gasteiger partial charge in [-0.15, -0.1) is 0 Å². The Morgan fingerprint density at radius 2 is 2.14 bits per heavy atom. The standard InChI is InChI=1S/C16H23N3O3/c1-11(2)9-12(3)21-8-6-14-17-16(18-22-14)13-5-7-19(4)15(20)10-13/h5,7,10-12H,6,8-9H2,1-4H3. The maximum atomic E-state index is 11.6. The highest BCUT2D eigenvalue weighted by molar-refractivity contribution is 5.52. The van der Waals surface area contributed by atoms with Gasteiger partial charge in [0.1, 0.15) is 0 Å². The summed E-state index contributed by atoms with van der Waals surface area (Å²) in [5, 5.41) is 3.91. The highest BCUT2D eigenvalue weighted by Gasteiger charge is 2.11. The summed E-state index contributed by atoms with van der Waals surface area (Å²) in [6.07, 6.45) is 3.51. The van der Waals surface area contributed by atoms with Crippen LogP contribution in [-0.2, 0) is 18.2 Å². The zero-order valence-corrected chi connectivity index (χ0v) is 13.6. The van der Waals surface area contributed by atoms with Crippen LogP contribution in [0.4, 0.5) is 0 Å². The molecule has 2 rings (SSSR count). The number of nitrogens with zero attached hydrogens (tertiary/aromatic N) is 3. The fraction of sp³-hybridized carbons (Fsp3) is 0.562. The molecule has 6 heteroatoms. The quantitative estimate of drug-likeness (QED) is 0.785. The van der Waals surface area contributed by atoms with Crippen molar-refractivity contribution in [1.29, 1.82) is 0 Å². The van der Waals surface area contributed by atoms with Crippen molar-refractivity contribution in [2.75, 3.05) is 6.61 Å². The van der Waals surface area contributed by atoms with E-state index in [1.54, 1.807) is 19.3 Å². The van der Waals surface area contributed by atoms with Gasteiger partial charge in [-0.3, -0.25) is 4.79 Å². The summed E-state index contributed by atoms with van der Waals surface area (Å²) in [7, 11) is 1.70. The summed E-state index contributed by atoms with van der Waals surface area (Å²) in [4.78, 5) is 15.9. The average Bonchev–Trinajstić information content (AvgIpc) is 2.90. The minimum Gasteiger partial charge on any atom is -0.378 e. The van der Waals surface area contributed by atoms with Crippen molar-refractivity contribution in [2.45, 2.75) is 39.7 Å². The third-order valence-corrected chi connectivity index (χ3v) is 3.35. The molecule has 2 aromatic rings. The predicted molar refractivity (Wildman–Crippen MR) is 83.5 cm³/mol. The first-order chi connectivity index (χ1) is 10.5. The maximum absolute atomic E-state index is 11.6. The lowest BCUT2D eigenvalue weighted by Crippen LogP contribution is -2.14. The summed E-state index contributed by atoms with van der Waals surface area (Å²) in [5.41, 5.74) is 0.557. The number of aryl methyl sites for hydroxylation is 1. The third-order valence-electron chi connectivity index (χ3n) is 3.35. The predicted octanol–water partition coefficient (Wildman–Crippen LogP) is 2.43. The second-order valence-corrected chi connectivity index (χ2v) is 5.94. The van der Waals surface area contributed by atoms with Crippen LogP contribution in [0.5, 0.6) is 0 Å². The molecular formula is C16H23N3O3. The molecule has 0 aliphatic carbocycles. The van der Waals surface area contributed by atoms with Gasteiger partial charge in [-0.25, -0.2) is 0 Å². The Bertz CT molecular complexity index is 661. The molecule has 0 radical (unpaired) electrons. The molecule has 0 aromatic carbocycles. The topological polar surface area (TPSA) is 70.2 Å². The molecule has 0 spiro atoms. The van der Waals surface area contributed by atoms with E-state index in [4.69, 9.17) is 9.26 Å². The number of hydrogen-bond acceptors (Lipinski definition) is 5. The summed E-state index contributed by atoms with van der Waals surface area (Å²) < 4.78 is 12.4. The van der Waals surface area contributed by atoms with Crippen molar-refractivity contribution < 1.29 is 9.26 Å². The molecule has 0 N–H and O–H groups in total. The largest absolute Gasteiger partial charge is 0.378 e. The van der Waals surface area contributed by atoms with Crippen molar-refractivity contribution in [1.82, 2.24) is 14.7 Å². The molecule has 0 fully saturated rings. The Balaban J connectivity index is 1.91. The summed E-state index contributed by atoms with van der Waals surface area (Å²) in [6, 6.07) is 3.28. The first-order valence-corrected chi connectivity index (χ1v) is 7.57. The number of rotatable bonds is 7. The number of hydrogen-bond donors (Lipinski definition) is 0. The molecule has 2 heterocycles. The van der Waals surface area contributed by atoms with E-state index in [9.17, 15) is 4.79 Å². The number of pyridine rings is 1. The average molecular weight is 305 g/mol. The van der Waals surface area contributed by atoms with Crippen LogP contribution >= 0.6 is 0 Å². The van der Waals surface area contributed by atoms with Crippen LogP contribution in [0.3, 0.4) is 0 Å². The zero-order chi connectivity index (χ0) is 16.1. The number of ether oxygens (including phenoxy) is 1. The van der Waals surface area contributed by atoms with Crippen molar-refractivity contribution >= 4 is 0 Å².